The highest BCUT2D eigenvalue weighted by Gasteiger charge is 2.31. The molecule has 12 nitrogen and oxygen atoms in total. The van der Waals surface area contributed by atoms with E-state index >= 15 is 0 Å². The lowest BCUT2D eigenvalue weighted by molar-refractivity contribution is -0.394. The molecule has 2 rings (SSSR count). The zero-order valence-electron chi connectivity index (χ0n) is 12.7. The van der Waals surface area contributed by atoms with Gasteiger partial charge in [-0.25, -0.2) is 4.79 Å². The molecular formula is C13H14N4O8. The number of piperazine rings is 1. The number of nitrogens with one attached hydrogen (secondary N) is 1. The van der Waals surface area contributed by atoms with E-state index in [0.717, 1.165) is 6.07 Å². The minimum atomic E-state index is -1.54. The molecule has 1 aliphatic rings. The second-order valence-corrected chi connectivity index (χ2v) is 5.39. The van der Waals surface area contributed by atoms with Gasteiger partial charge >= 0.3 is 11.9 Å². The van der Waals surface area contributed by atoms with Crippen LogP contribution in [0.1, 0.15) is 15.9 Å². The van der Waals surface area contributed by atoms with Crippen molar-refractivity contribution in [3.05, 3.63) is 43.5 Å². The Hall–Kier alpha value is -3.12. The number of nitrogens with zero attached hydrogens (tertiary/aromatic N) is 3. The van der Waals surface area contributed by atoms with Crippen LogP contribution in [0.25, 0.3) is 0 Å². The largest absolute Gasteiger partial charge is 0.480 e. The predicted molar refractivity (Wildman–Crippen MR) is 81.4 cm³/mol. The maximum Gasteiger partial charge on any atom is 0.336 e. The molecule has 134 valence electrons. The molecule has 1 unspecified atom stereocenters. The van der Waals surface area contributed by atoms with E-state index in [1.807, 2.05) is 0 Å². The number of carboxylic acids is 2. The summed E-state index contributed by atoms with van der Waals surface area (Å²) in [6.45, 7) is 0.459. The summed E-state index contributed by atoms with van der Waals surface area (Å²) in [7, 11) is 0. The van der Waals surface area contributed by atoms with E-state index in [9.17, 15) is 34.9 Å². The van der Waals surface area contributed by atoms with Crippen molar-refractivity contribution in [3.63, 3.8) is 0 Å². The third-order valence-electron chi connectivity index (χ3n) is 3.79. The smallest absolute Gasteiger partial charge is 0.336 e. The normalized spacial score (nSPS) is 17.8. The second kappa shape index (κ2) is 7.19. The Morgan fingerprint density at radius 3 is 2.44 bits per heavy atom. The van der Waals surface area contributed by atoms with E-state index in [1.54, 1.807) is 4.90 Å². The van der Waals surface area contributed by atoms with Gasteiger partial charge in [-0.15, -0.1) is 0 Å². The first-order valence-corrected chi connectivity index (χ1v) is 7.08. The molecule has 1 saturated heterocycles. The number of carboxylic acid groups (broad SMARTS) is 2. The maximum atomic E-state index is 11.4. The quantitative estimate of drug-likeness (QED) is 0.467. The molecule has 25 heavy (non-hydrogen) atoms. The van der Waals surface area contributed by atoms with Crippen molar-refractivity contribution < 1.29 is 29.6 Å². The molecule has 0 radical (unpaired) electrons. The number of nitro benzene ring substituents is 2. The Kier molecular flexibility index (Phi) is 5.24. The molecule has 0 aromatic heterocycles. The van der Waals surface area contributed by atoms with Crippen LogP contribution in [0.5, 0.6) is 0 Å². The molecule has 3 N–H and O–H groups in total. The fourth-order valence-corrected chi connectivity index (χ4v) is 2.61. The van der Waals surface area contributed by atoms with Gasteiger partial charge < -0.3 is 15.5 Å². The summed E-state index contributed by atoms with van der Waals surface area (Å²) in [6.07, 6.45) is 0. The van der Waals surface area contributed by atoms with Crippen molar-refractivity contribution in [1.82, 2.24) is 10.2 Å². The van der Waals surface area contributed by atoms with Gasteiger partial charge in [0.2, 0.25) is 0 Å². The minimum absolute atomic E-state index is 0.0164. The first-order chi connectivity index (χ1) is 11.7. The van der Waals surface area contributed by atoms with Gasteiger partial charge in [0.15, 0.2) is 0 Å². The van der Waals surface area contributed by atoms with Crippen molar-refractivity contribution in [2.45, 2.75) is 12.6 Å². The van der Waals surface area contributed by atoms with Crippen LogP contribution in [0.3, 0.4) is 0 Å². The molecule has 0 saturated carbocycles. The second-order valence-electron chi connectivity index (χ2n) is 5.39. The third-order valence-corrected chi connectivity index (χ3v) is 3.79. The number of carbonyl (C=O) groups is 2. The van der Waals surface area contributed by atoms with E-state index in [2.05, 4.69) is 5.32 Å². The zero-order valence-corrected chi connectivity index (χ0v) is 12.7. The molecule has 0 amide bonds. The van der Waals surface area contributed by atoms with Gasteiger partial charge in [-0.1, -0.05) is 0 Å². The number of aromatic carboxylic acids is 1. The van der Waals surface area contributed by atoms with Crippen molar-refractivity contribution in [3.8, 4) is 0 Å². The Labute approximate surface area is 140 Å². The lowest BCUT2D eigenvalue weighted by Gasteiger charge is -2.31. The van der Waals surface area contributed by atoms with Crippen molar-refractivity contribution >= 4 is 23.3 Å². The number of non-ortho nitro benzene ring substituents is 1. The van der Waals surface area contributed by atoms with Gasteiger partial charge in [-0.2, -0.15) is 0 Å². The SMILES string of the molecule is O=C(O)c1cc([N+](=O)[O-])cc([N+](=O)[O-])c1CN1CCNC(C(=O)O)C1. The van der Waals surface area contributed by atoms with Crippen LogP contribution in [0, 0.1) is 20.2 Å². The van der Waals surface area contributed by atoms with Crippen LogP contribution in [0.2, 0.25) is 0 Å². The summed E-state index contributed by atoms with van der Waals surface area (Å²) in [6, 6.07) is 0.583. The average molecular weight is 354 g/mol. The van der Waals surface area contributed by atoms with Crippen LogP contribution in [-0.4, -0.2) is 62.6 Å². The van der Waals surface area contributed by atoms with Crippen molar-refractivity contribution in [2.24, 2.45) is 0 Å². The Bertz CT molecular complexity index is 715. The summed E-state index contributed by atoms with van der Waals surface area (Å²) < 4.78 is 0. The van der Waals surface area contributed by atoms with E-state index in [0.29, 0.717) is 19.2 Å². The van der Waals surface area contributed by atoms with E-state index in [1.165, 1.54) is 0 Å². The van der Waals surface area contributed by atoms with Gasteiger partial charge in [-0.3, -0.25) is 29.9 Å². The number of rotatable bonds is 6. The van der Waals surface area contributed by atoms with Crippen LogP contribution in [0.15, 0.2) is 12.1 Å². The Balaban J connectivity index is 2.44. The molecule has 0 aliphatic carbocycles. The van der Waals surface area contributed by atoms with Gasteiger partial charge in [0.25, 0.3) is 11.4 Å². The summed E-state index contributed by atoms with van der Waals surface area (Å²) in [5.41, 5.74) is -2.13. The van der Waals surface area contributed by atoms with E-state index < -0.39 is 44.8 Å². The fraction of sp³-hybridized carbons (Fsp3) is 0.385. The number of nitro groups is 2. The van der Waals surface area contributed by atoms with Gasteiger partial charge in [-0.05, 0) is 0 Å². The van der Waals surface area contributed by atoms with Crippen LogP contribution < -0.4 is 5.32 Å². The lowest BCUT2D eigenvalue weighted by Crippen LogP contribution is -2.53. The highest BCUT2D eigenvalue weighted by molar-refractivity contribution is 5.91. The standard InChI is InChI=1S/C13H14N4O8/c18-12(19)8-3-7(16(22)23)4-11(17(24)25)9(8)5-15-2-1-14-10(6-15)13(20)21/h3-4,10,14H,1-2,5-6H2,(H,18,19)(H,20,21). The minimum Gasteiger partial charge on any atom is -0.480 e. The van der Waals surface area contributed by atoms with E-state index in [-0.39, 0.29) is 18.7 Å². The first kappa shape index (κ1) is 18.2. The highest BCUT2D eigenvalue weighted by Crippen LogP contribution is 2.30. The van der Waals surface area contributed by atoms with E-state index in [4.69, 9.17) is 5.11 Å². The monoisotopic (exact) mass is 354 g/mol. The molecule has 12 heteroatoms. The number of hydrogen-bond acceptors (Lipinski definition) is 8. The molecule has 1 fully saturated rings. The summed E-state index contributed by atoms with van der Waals surface area (Å²) in [5.74, 6) is -2.63. The zero-order chi connectivity index (χ0) is 18.7. The van der Waals surface area contributed by atoms with Gasteiger partial charge in [0.1, 0.15) is 6.04 Å². The molecular weight excluding hydrogens is 340 g/mol. The van der Waals surface area contributed by atoms with Crippen molar-refractivity contribution in [2.75, 3.05) is 19.6 Å². The molecule has 0 spiro atoms. The summed E-state index contributed by atoms with van der Waals surface area (Å²) in [5, 5.41) is 43.2. The van der Waals surface area contributed by atoms with Crippen LogP contribution in [0.4, 0.5) is 11.4 Å². The highest BCUT2D eigenvalue weighted by atomic mass is 16.6. The predicted octanol–water partition coefficient (Wildman–Crippen LogP) is 0.0596. The Morgan fingerprint density at radius 1 is 1.24 bits per heavy atom. The fourth-order valence-electron chi connectivity index (χ4n) is 2.61. The lowest BCUT2D eigenvalue weighted by atomic mass is 10.0. The summed E-state index contributed by atoms with van der Waals surface area (Å²) in [4.78, 5) is 44.4. The molecule has 1 aliphatic heterocycles. The average Bonchev–Trinajstić information content (AvgIpc) is 2.54. The van der Waals surface area contributed by atoms with Crippen LogP contribution in [-0.2, 0) is 11.3 Å². The summed E-state index contributed by atoms with van der Waals surface area (Å²) >= 11 is 0. The third kappa shape index (κ3) is 4.05. The molecule has 1 heterocycles. The van der Waals surface area contributed by atoms with Gasteiger partial charge in [0.05, 0.1) is 27.0 Å². The topological polar surface area (TPSA) is 176 Å². The molecule has 1 atom stereocenters. The molecule has 1 aromatic rings. The molecule has 0 bridgehead atoms. The number of hydrogen-bond donors (Lipinski definition) is 3. The molecule has 1 aromatic carbocycles. The Morgan fingerprint density at radius 2 is 1.92 bits per heavy atom. The number of benzene rings is 1. The van der Waals surface area contributed by atoms with Crippen LogP contribution >= 0.6 is 0 Å². The maximum absolute atomic E-state index is 11.4. The number of aliphatic carboxylic acids is 1. The van der Waals surface area contributed by atoms with Gasteiger partial charge in [0, 0.05) is 32.2 Å². The van der Waals surface area contributed by atoms with Crippen molar-refractivity contribution in [1.29, 1.82) is 0 Å². The first-order valence-electron chi connectivity index (χ1n) is 7.08.